The highest BCUT2D eigenvalue weighted by atomic mass is 32.2. The third kappa shape index (κ3) is 9.87. The van der Waals surface area contributed by atoms with Crippen LogP contribution in [0.1, 0.15) is 50.0 Å². The minimum absolute atomic E-state index is 0.0569. The lowest BCUT2D eigenvalue weighted by atomic mass is 9.82. The standard InChI is InChI=1S/C19H27F3N2O3S.CH5NO2S/c1-28(25,26)24-16-3-2-10-23-17(16)11-27-13-6-4-12(5-7-13)18-14(20)8-9-15(21)19(18)22;1-5(2,3)4/h8-9,12-13,16-17,23-24H,2-7,10-11H2,1H3;1H3,(H2,2,3,4)/t12?,13?,16-,17-;/m0./s1. The van der Waals surface area contributed by atoms with Crippen LogP contribution in [0.15, 0.2) is 12.1 Å². The smallest absolute Gasteiger partial charge is 0.209 e. The fourth-order valence-corrected chi connectivity index (χ4v) is 5.05. The van der Waals surface area contributed by atoms with E-state index in [1.54, 1.807) is 0 Å². The molecule has 33 heavy (non-hydrogen) atoms. The molecule has 1 aliphatic heterocycles. The van der Waals surface area contributed by atoms with Gasteiger partial charge in [-0.05, 0) is 63.1 Å². The van der Waals surface area contributed by atoms with Gasteiger partial charge in [0.25, 0.3) is 0 Å². The van der Waals surface area contributed by atoms with Crippen LogP contribution in [0.25, 0.3) is 0 Å². The summed E-state index contributed by atoms with van der Waals surface area (Å²) in [6.07, 6.45) is 5.94. The van der Waals surface area contributed by atoms with Gasteiger partial charge < -0.3 is 10.1 Å². The molecule has 1 saturated carbocycles. The van der Waals surface area contributed by atoms with Gasteiger partial charge in [0.15, 0.2) is 11.6 Å². The van der Waals surface area contributed by atoms with Crippen LogP contribution < -0.4 is 15.2 Å². The van der Waals surface area contributed by atoms with Gasteiger partial charge in [-0.3, -0.25) is 0 Å². The average Bonchev–Trinajstić information content (AvgIpc) is 2.69. The quantitative estimate of drug-likeness (QED) is 0.495. The van der Waals surface area contributed by atoms with Crippen molar-refractivity contribution in [3.63, 3.8) is 0 Å². The number of piperidine rings is 1. The molecular weight excluding hydrogens is 483 g/mol. The first-order chi connectivity index (χ1) is 15.2. The highest BCUT2D eigenvalue weighted by molar-refractivity contribution is 7.88. The number of nitrogens with one attached hydrogen (secondary N) is 2. The van der Waals surface area contributed by atoms with Crippen LogP contribution in [0.5, 0.6) is 0 Å². The van der Waals surface area contributed by atoms with Crippen LogP contribution in [0.2, 0.25) is 0 Å². The second kappa shape index (κ2) is 11.9. The summed E-state index contributed by atoms with van der Waals surface area (Å²) in [5.74, 6) is -3.18. The Labute approximate surface area is 193 Å². The molecule has 190 valence electrons. The molecule has 1 saturated heterocycles. The van der Waals surface area contributed by atoms with E-state index in [1.165, 1.54) is 0 Å². The van der Waals surface area contributed by atoms with Crippen molar-refractivity contribution in [1.82, 2.24) is 10.0 Å². The van der Waals surface area contributed by atoms with E-state index in [0.29, 0.717) is 32.3 Å². The first-order valence-electron chi connectivity index (χ1n) is 10.7. The lowest BCUT2D eigenvalue weighted by Crippen LogP contribution is -2.55. The van der Waals surface area contributed by atoms with Crippen molar-refractivity contribution in [2.45, 2.75) is 62.6 Å². The Balaban J connectivity index is 0.000000696. The molecule has 0 amide bonds. The predicted molar refractivity (Wildman–Crippen MR) is 119 cm³/mol. The Hall–Kier alpha value is -1.25. The summed E-state index contributed by atoms with van der Waals surface area (Å²) in [6, 6.07) is 1.45. The summed E-state index contributed by atoms with van der Waals surface area (Å²) in [7, 11) is -6.46. The molecule has 0 spiro atoms. The molecule has 13 heteroatoms. The SMILES string of the molecule is CS(=O)(=O)N[C@H]1CCCN[C@H]1COC1CCC(c2c(F)ccc(F)c2F)CC1.CS(N)(=O)=O. The van der Waals surface area contributed by atoms with Crippen LogP contribution in [-0.4, -0.2) is 60.7 Å². The molecule has 0 aromatic heterocycles. The summed E-state index contributed by atoms with van der Waals surface area (Å²) >= 11 is 0. The summed E-state index contributed by atoms with van der Waals surface area (Å²) in [5.41, 5.74) is -0.162. The highest BCUT2D eigenvalue weighted by Crippen LogP contribution is 2.37. The van der Waals surface area contributed by atoms with Gasteiger partial charge in [0.1, 0.15) is 5.82 Å². The number of primary sulfonamides is 1. The fraction of sp³-hybridized carbons (Fsp3) is 0.700. The van der Waals surface area contributed by atoms with E-state index in [1.807, 2.05) is 0 Å². The molecule has 0 unspecified atom stereocenters. The third-order valence-electron chi connectivity index (χ3n) is 5.62. The van der Waals surface area contributed by atoms with Gasteiger partial charge in [-0.1, -0.05) is 0 Å². The molecule has 0 radical (unpaired) electrons. The molecule has 2 atom stereocenters. The van der Waals surface area contributed by atoms with Crippen molar-refractivity contribution in [2.24, 2.45) is 5.14 Å². The van der Waals surface area contributed by atoms with Crippen LogP contribution in [0.4, 0.5) is 13.2 Å². The molecule has 2 aliphatic rings. The molecule has 2 fully saturated rings. The largest absolute Gasteiger partial charge is 0.377 e. The van der Waals surface area contributed by atoms with Crippen molar-refractivity contribution in [2.75, 3.05) is 25.7 Å². The first-order valence-corrected chi connectivity index (χ1v) is 14.5. The first kappa shape index (κ1) is 28.0. The number of halogens is 3. The Morgan fingerprint density at radius 3 is 2.18 bits per heavy atom. The monoisotopic (exact) mass is 515 g/mol. The molecule has 1 aromatic carbocycles. The van der Waals surface area contributed by atoms with Crippen molar-refractivity contribution >= 4 is 20.0 Å². The van der Waals surface area contributed by atoms with E-state index in [9.17, 15) is 30.0 Å². The van der Waals surface area contributed by atoms with Crippen LogP contribution in [0, 0.1) is 17.5 Å². The molecule has 1 aromatic rings. The Morgan fingerprint density at radius 1 is 1.03 bits per heavy atom. The number of rotatable bonds is 6. The van der Waals surface area contributed by atoms with Gasteiger partial charge in [-0.2, -0.15) is 0 Å². The molecule has 8 nitrogen and oxygen atoms in total. The van der Waals surface area contributed by atoms with Crippen LogP contribution >= 0.6 is 0 Å². The van der Waals surface area contributed by atoms with Crippen molar-refractivity contribution in [1.29, 1.82) is 0 Å². The van der Waals surface area contributed by atoms with E-state index in [0.717, 1.165) is 44.0 Å². The maximum Gasteiger partial charge on any atom is 0.209 e. The molecule has 1 heterocycles. The summed E-state index contributed by atoms with van der Waals surface area (Å²) in [5, 5.41) is 7.62. The van der Waals surface area contributed by atoms with Gasteiger partial charge in [0, 0.05) is 17.6 Å². The van der Waals surface area contributed by atoms with Crippen molar-refractivity contribution in [3.05, 3.63) is 35.1 Å². The summed E-state index contributed by atoms with van der Waals surface area (Å²) in [4.78, 5) is 0. The maximum absolute atomic E-state index is 14.0. The van der Waals surface area contributed by atoms with Crippen LogP contribution in [0.3, 0.4) is 0 Å². The normalized spacial score (nSPS) is 26.4. The molecular formula is C20H32F3N3O5S2. The lowest BCUT2D eigenvalue weighted by molar-refractivity contribution is 0.00486. The van der Waals surface area contributed by atoms with E-state index in [2.05, 4.69) is 15.2 Å². The van der Waals surface area contributed by atoms with E-state index < -0.39 is 37.5 Å². The highest BCUT2D eigenvalue weighted by Gasteiger charge is 2.31. The molecule has 1 aliphatic carbocycles. The van der Waals surface area contributed by atoms with Gasteiger partial charge in [-0.15, -0.1) is 0 Å². The number of benzene rings is 1. The lowest BCUT2D eigenvalue weighted by Gasteiger charge is -2.35. The minimum atomic E-state index is -3.30. The van der Waals surface area contributed by atoms with E-state index >= 15 is 0 Å². The van der Waals surface area contributed by atoms with Crippen molar-refractivity contribution in [3.8, 4) is 0 Å². The van der Waals surface area contributed by atoms with E-state index in [-0.39, 0.29) is 29.7 Å². The zero-order chi connectivity index (χ0) is 24.8. The number of hydrogen-bond acceptors (Lipinski definition) is 6. The summed E-state index contributed by atoms with van der Waals surface area (Å²) < 4.78 is 91.9. The second-order valence-corrected chi connectivity index (χ2v) is 12.0. The average molecular weight is 516 g/mol. The van der Waals surface area contributed by atoms with Crippen molar-refractivity contribution < 1.29 is 34.7 Å². The fourth-order valence-electron chi connectivity index (χ4n) is 4.22. The number of ether oxygens (including phenoxy) is 1. The van der Waals surface area contributed by atoms with Gasteiger partial charge in [-0.25, -0.2) is 39.9 Å². The predicted octanol–water partition coefficient (Wildman–Crippen LogP) is 1.72. The maximum atomic E-state index is 14.0. The summed E-state index contributed by atoms with van der Waals surface area (Å²) in [6.45, 7) is 1.17. The second-order valence-electron chi connectivity index (χ2n) is 8.59. The molecule has 3 rings (SSSR count). The molecule has 0 bridgehead atoms. The molecule has 4 N–H and O–H groups in total. The van der Waals surface area contributed by atoms with E-state index in [4.69, 9.17) is 4.74 Å². The number of hydrogen-bond donors (Lipinski definition) is 3. The minimum Gasteiger partial charge on any atom is -0.377 e. The van der Waals surface area contributed by atoms with Gasteiger partial charge >= 0.3 is 0 Å². The van der Waals surface area contributed by atoms with Gasteiger partial charge in [0.2, 0.25) is 20.0 Å². The number of sulfonamides is 2. The zero-order valence-corrected chi connectivity index (χ0v) is 20.3. The third-order valence-corrected chi connectivity index (χ3v) is 6.35. The topological polar surface area (TPSA) is 128 Å². The Kier molecular flexibility index (Phi) is 10.1. The van der Waals surface area contributed by atoms with Gasteiger partial charge in [0.05, 0.1) is 25.2 Å². The Morgan fingerprint density at radius 2 is 1.61 bits per heavy atom. The number of nitrogens with two attached hydrogens (primary N) is 1. The van der Waals surface area contributed by atoms with Crippen LogP contribution in [-0.2, 0) is 24.8 Å². The Bertz CT molecular complexity index is 992. The zero-order valence-electron chi connectivity index (χ0n) is 18.7.